The Balaban J connectivity index is 2.10. The molecule has 0 bridgehead atoms. The van der Waals surface area contributed by atoms with Crippen LogP contribution in [0.25, 0.3) is 0 Å². The number of hydrogen-bond acceptors (Lipinski definition) is 2. The molecule has 0 radical (unpaired) electrons. The summed E-state index contributed by atoms with van der Waals surface area (Å²) in [4.78, 5) is 11.9. The maximum absolute atomic E-state index is 11.9. The van der Waals surface area contributed by atoms with Gasteiger partial charge in [0.1, 0.15) is 0 Å². The highest BCUT2D eigenvalue weighted by molar-refractivity contribution is 9.10. The van der Waals surface area contributed by atoms with Gasteiger partial charge in [-0.15, -0.1) is 0 Å². The lowest BCUT2D eigenvalue weighted by atomic mass is 10.0. The number of furan rings is 1. The van der Waals surface area contributed by atoms with E-state index in [-0.39, 0.29) is 11.9 Å². The van der Waals surface area contributed by atoms with Gasteiger partial charge in [-0.2, -0.15) is 0 Å². The van der Waals surface area contributed by atoms with Crippen molar-refractivity contribution in [1.29, 1.82) is 0 Å². The Labute approximate surface area is 114 Å². The van der Waals surface area contributed by atoms with E-state index in [0.29, 0.717) is 5.76 Å². The molecule has 2 rings (SSSR count). The summed E-state index contributed by atoms with van der Waals surface area (Å²) in [6.07, 6.45) is 2.32. The highest BCUT2D eigenvalue weighted by Gasteiger charge is 2.15. The molecule has 0 spiro atoms. The second kappa shape index (κ2) is 5.87. The van der Waals surface area contributed by atoms with Gasteiger partial charge < -0.3 is 9.73 Å². The second-order valence-electron chi connectivity index (χ2n) is 3.96. The first-order valence-corrected chi connectivity index (χ1v) is 6.60. The predicted molar refractivity (Wildman–Crippen MR) is 73.3 cm³/mol. The minimum Gasteiger partial charge on any atom is -0.459 e. The van der Waals surface area contributed by atoms with Crippen LogP contribution in [0.4, 0.5) is 0 Å². The Bertz CT molecular complexity index is 505. The summed E-state index contributed by atoms with van der Waals surface area (Å²) in [6.45, 7) is 2.04. The molecular formula is C14H14BrNO2. The maximum Gasteiger partial charge on any atom is 0.287 e. The zero-order chi connectivity index (χ0) is 13.0. The Hall–Kier alpha value is -1.55. The molecule has 0 aliphatic heterocycles. The Morgan fingerprint density at radius 3 is 2.61 bits per heavy atom. The van der Waals surface area contributed by atoms with Gasteiger partial charge in [-0.05, 0) is 36.2 Å². The molecule has 0 aliphatic carbocycles. The molecule has 0 fully saturated rings. The van der Waals surface area contributed by atoms with Gasteiger partial charge >= 0.3 is 0 Å². The zero-order valence-electron chi connectivity index (χ0n) is 10.0. The normalized spacial score (nSPS) is 12.1. The van der Waals surface area contributed by atoms with E-state index in [4.69, 9.17) is 4.42 Å². The number of benzene rings is 1. The Morgan fingerprint density at radius 1 is 1.33 bits per heavy atom. The minimum atomic E-state index is -0.185. The lowest BCUT2D eigenvalue weighted by molar-refractivity contribution is 0.0907. The van der Waals surface area contributed by atoms with Crippen LogP contribution in [0.1, 0.15) is 35.5 Å². The lowest BCUT2D eigenvalue weighted by Gasteiger charge is -2.16. The SMILES string of the molecule is CC[C@H](NC(=O)c1ccco1)c1ccc(Br)cc1. The predicted octanol–water partition coefficient (Wildman–Crippen LogP) is 3.92. The minimum absolute atomic E-state index is 0.00398. The number of rotatable bonds is 4. The fourth-order valence-electron chi connectivity index (χ4n) is 1.75. The van der Waals surface area contributed by atoms with E-state index in [1.54, 1.807) is 12.1 Å². The van der Waals surface area contributed by atoms with E-state index >= 15 is 0 Å². The van der Waals surface area contributed by atoms with Gasteiger partial charge in [-0.3, -0.25) is 4.79 Å². The molecule has 4 heteroatoms. The van der Waals surface area contributed by atoms with E-state index < -0.39 is 0 Å². The number of carbonyl (C=O) groups excluding carboxylic acids is 1. The van der Waals surface area contributed by atoms with Gasteiger partial charge in [-0.25, -0.2) is 0 Å². The first-order chi connectivity index (χ1) is 8.70. The van der Waals surface area contributed by atoms with Crippen LogP contribution < -0.4 is 5.32 Å². The van der Waals surface area contributed by atoms with Crippen LogP contribution in [-0.2, 0) is 0 Å². The molecule has 0 saturated heterocycles. The van der Waals surface area contributed by atoms with Crippen LogP contribution in [-0.4, -0.2) is 5.91 Å². The maximum atomic E-state index is 11.9. The average molecular weight is 308 g/mol. The van der Waals surface area contributed by atoms with Crippen molar-refractivity contribution in [1.82, 2.24) is 5.32 Å². The van der Waals surface area contributed by atoms with Crippen molar-refractivity contribution < 1.29 is 9.21 Å². The molecule has 1 amide bonds. The quantitative estimate of drug-likeness (QED) is 0.930. The van der Waals surface area contributed by atoms with E-state index in [1.807, 2.05) is 31.2 Å². The summed E-state index contributed by atoms with van der Waals surface area (Å²) in [5.74, 6) is 0.153. The number of hydrogen-bond donors (Lipinski definition) is 1. The van der Waals surface area contributed by atoms with Crippen LogP contribution in [0.3, 0.4) is 0 Å². The molecule has 2 aromatic rings. The number of nitrogens with one attached hydrogen (secondary N) is 1. The molecule has 1 heterocycles. The van der Waals surface area contributed by atoms with Crippen molar-refractivity contribution in [3.63, 3.8) is 0 Å². The largest absolute Gasteiger partial charge is 0.459 e. The first kappa shape index (κ1) is 12.9. The van der Waals surface area contributed by atoms with Crippen LogP contribution in [0, 0.1) is 0 Å². The van der Waals surface area contributed by atoms with E-state index in [0.717, 1.165) is 16.5 Å². The molecule has 0 saturated carbocycles. The third kappa shape index (κ3) is 3.01. The molecule has 1 N–H and O–H groups in total. The molecule has 3 nitrogen and oxygen atoms in total. The number of carbonyl (C=O) groups is 1. The van der Waals surface area contributed by atoms with E-state index in [1.165, 1.54) is 6.26 Å². The molecule has 1 aromatic heterocycles. The molecule has 1 aromatic carbocycles. The van der Waals surface area contributed by atoms with Gasteiger partial charge in [0, 0.05) is 4.47 Å². The molecule has 0 aliphatic rings. The molecular weight excluding hydrogens is 294 g/mol. The highest BCUT2D eigenvalue weighted by atomic mass is 79.9. The van der Waals surface area contributed by atoms with E-state index in [2.05, 4.69) is 21.2 Å². The smallest absolute Gasteiger partial charge is 0.287 e. The monoisotopic (exact) mass is 307 g/mol. The van der Waals surface area contributed by atoms with Crippen LogP contribution in [0.15, 0.2) is 51.6 Å². The topological polar surface area (TPSA) is 42.2 Å². The summed E-state index contributed by atoms with van der Waals surface area (Å²) < 4.78 is 6.10. The van der Waals surface area contributed by atoms with Gasteiger partial charge in [0.05, 0.1) is 12.3 Å². The third-order valence-electron chi connectivity index (χ3n) is 2.73. The van der Waals surface area contributed by atoms with Crippen molar-refractivity contribution >= 4 is 21.8 Å². The molecule has 94 valence electrons. The summed E-state index contributed by atoms with van der Waals surface area (Å²) in [5, 5.41) is 2.96. The van der Waals surface area contributed by atoms with Gasteiger partial charge in [0.2, 0.25) is 0 Å². The fraction of sp³-hybridized carbons (Fsp3) is 0.214. The fourth-order valence-corrected chi connectivity index (χ4v) is 2.02. The Morgan fingerprint density at radius 2 is 2.06 bits per heavy atom. The van der Waals surface area contributed by atoms with Crippen molar-refractivity contribution in [3.8, 4) is 0 Å². The second-order valence-corrected chi connectivity index (χ2v) is 4.88. The van der Waals surface area contributed by atoms with Crippen LogP contribution in [0.5, 0.6) is 0 Å². The number of amides is 1. The summed E-state index contributed by atoms with van der Waals surface area (Å²) in [5.41, 5.74) is 1.08. The third-order valence-corrected chi connectivity index (χ3v) is 3.26. The standard InChI is InChI=1S/C14H14BrNO2/c1-2-12(10-5-7-11(15)8-6-10)16-14(17)13-4-3-9-18-13/h3-9,12H,2H2,1H3,(H,16,17)/t12-/m0/s1. The first-order valence-electron chi connectivity index (χ1n) is 5.80. The van der Waals surface area contributed by atoms with Crippen LogP contribution in [0.2, 0.25) is 0 Å². The van der Waals surface area contributed by atoms with Crippen molar-refractivity contribution in [2.24, 2.45) is 0 Å². The molecule has 18 heavy (non-hydrogen) atoms. The summed E-state index contributed by atoms with van der Waals surface area (Å²) in [7, 11) is 0. The average Bonchev–Trinajstić information content (AvgIpc) is 2.91. The van der Waals surface area contributed by atoms with Crippen molar-refractivity contribution in [2.75, 3.05) is 0 Å². The molecule has 0 unspecified atom stereocenters. The number of halogens is 1. The van der Waals surface area contributed by atoms with Gasteiger partial charge in [0.25, 0.3) is 5.91 Å². The highest BCUT2D eigenvalue weighted by Crippen LogP contribution is 2.20. The molecule has 1 atom stereocenters. The van der Waals surface area contributed by atoms with Crippen molar-refractivity contribution in [3.05, 3.63) is 58.5 Å². The summed E-state index contributed by atoms with van der Waals surface area (Å²) in [6, 6.07) is 11.3. The van der Waals surface area contributed by atoms with E-state index in [9.17, 15) is 4.79 Å². The Kier molecular flexibility index (Phi) is 4.20. The summed E-state index contributed by atoms with van der Waals surface area (Å²) >= 11 is 3.40. The lowest BCUT2D eigenvalue weighted by Crippen LogP contribution is -2.27. The van der Waals surface area contributed by atoms with Gasteiger partial charge in [0.15, 0.2) is 5.76 Å². The van der Waals surface area contributed by atoms with Crippen LogP contribution >= 0.6 is 15.9 Å². The van der Waals surface area contributed by atoms with Gasteiger partial charge in [-0.1, -0.05) is 35.0 Å². The van der Waals surface area contributed by atoms with Crippen molar-refractivity contribution in [2.45, 2.75) is 19.4 Å². The zero-order valence-corrected chi connectivity index (χ0v) is 11.6.